The van der Waals surface area contributed by atoms with Crippen molar-refractivity contribution in [2.45, 2.75) is 44.6 Å². The molecule has 1 aliphatic heterocycles. The maximum Gasteiger partial charge on any atom is 0.416 e. The summed E-state index contributed by atoms with van der Waals surface area (Å²) in [6.07, 6.45) is -2.02. The van der Waals surface area contributed by atoms with E-state index >= 15 is 4.39 Å². The second-order valence-corrected chi connectivity index (χ2v) is 7.84. The summed E-state index contributed by atoms with van der Waals surface area (Å²) >= 11 is 0. The third kappa shape index (κ3) is 5.82. The van der Waals surface area contributed by atoms with Crippen LogP contribution in [0.1, 0.15) is 54.3 Å². The largest absolute Gasteiger partial charge is 0.416 e. The zero-order valence-electron chi connectivity index (χ0n) is 19.3. The number of carbonyl (C=O) groups excluding carboxylic acids is 1. The zero-order chi connectivity index (χ0) is 25.6. The minimum absolute atomic E-state index is 0.0329. The highest BCUT2D eigenvalue weighted by molar-refractivity contribution is 5.99. The quantitative estimate of drug-likeness (QED) is 0.505. The van der Waals surface area contributed by atoms with Crippen LogP contribution in [0.3, 0.4) is 0 Å². The number of halogens is 4. The minimum Gasteiger partial charge on any atom is -0.385 e. The number of rotatable bonds is 4. The number of likely N-dealkylation sites (tertiary alicyclic amines) is 1. The van der Waals surface area contributed by atoms with E-state index in [-0.39, 0.29) is 37.4 Å². The first kappa shape index (κ1) is 26.2. The van der Waals surface area contributed by atoms with Crippen molar-refractivity contribution < 1.29 is 27.5 Å². The van der Waals surface area contributed by atoms with Crippen LogP contribution in [-0.4, -0.2) is 49.6 Å². The minimum atomic E-state index is -4.51. The van der Waals surface area contributed by atoms with Crippen molar-refractivity contribution in [2.24, 2.45) is 0 Å². The van der Waals surface area contributed by atoms with E-state index in [1.807, 2.05) is 13.8 Å². The molecule has 3 heterocycles. The topological polar surface area (TPSA) is 79.2 Å². The average Bonchev–Trinajstić information content (AvgIpc) is 2.89. The Hall–Kier alpha value is -3.40. The number of hydrogen-bond donors (Lipinski definition) is 1. The molecule has 0 radical (unpaired) electrons. The summed E-state index contributed by atoms with van der Waals surface area (Å²) in [6.45, 7) is 4.07. The van der Waals surface area contributed by atoms with Gasteiger partial charge < -0.3 is 10.0 Å². The molecule has 3 aromatic rings. The Bertz CT molecular complexity index is 1120. The third-order valence-electron chi connectivity index (χ3n) is 5.79. The van der Waals surface area contributed by atoms with Gasteiger partial charge in [-0.3, -0.25) is 9.78 Å². The fraction of sp³-hybridized carbons (Fsp3) is 0.360. The van der Waals surface area contributed by atoms with E-state index in [1.54, 1.807) is 18.2 Å². The van der Waals surface area contributed by atoms with Gasteiger partial charge in [-0.2, -0.15) is 13.2 Å². The van der Waals surface area contributed by atoms with Gasteiger partial charge in [-0.25, -0.2) is 14.4 Å². The maximum absolute atomic E-state index is 15.5. The Balaban J connectivity index is 0.00000167. The second kappa shape index (κ2) is 10.9. The van der Waals surface area contributed by atoms with Crippen molar-refractivity contribution in [3.05, 3.63) is 77.9 Å². The molecule has 4 rings (SSSR count). The number of hydrogen-bond acceptors (Lipinski definition) is 5. The summed E-state index contributed by atoms with van der Waals surface area (Å²) in [5.41, 5.74) is -1.71. The van der Waals surface area contributed by atoms with Gasteiger partial charge in [0, 0.05) is 38.3 Å². The maximum atomic E-state index is 15.5. The van der Waals surface area contributed by atoms with Crippen molar-refractivity contribution in [3.63, 3.8) is 0 Å². The molecule has 6 nitrogen and oxygen atoms in total. The number of carbonyl (C=O) groups is 1. The smallest absolute Gasteiger partial charge is 0.385 e. The van der Waals surface area contributed by atoms with E-state index in [0.29, 0.717) is 17.0 Å². The molecule has 1 unspecified atom stereocenters. The lowest BCUT2D eigenvalue weighted by Crippen LogP contribution is -2.47. The van der Waals surface area contributed by atoms with Gasteiger partial charge in [-0.15, -0.1) is 0 Å². The first-order valence-corrected chi connectivity index (χ1v) is 11.2. The zero-order valence-corrected chi connectivity index (χ0v) is 19.3. The molecule has 0 bridgehead atoms. The second-order valence-electron chi connectivity index (χ2n) is 7.84. The van der Waals surface area contributed by atoms with Crippen LogP contribution in [0.15, 0.2) is 61.2 Å². The molecule has 1 aliphatic rings. The first-order valence-electron chi connectivity index (χ1n) is 11.2. The molecule has 0 aliphatic carbocycles. The van der Waals surface area contributed by atoms with Gasteiger partial charge >= 0.3 is 6.18 Å². The van der Waals surface area contributed by atoms with E-state index in [0.717, 1.165) is 24.3 Å². The van der Waals surface area contributed by atoms with Crippen LogP contribution >= 0.6 is 0 Å². The molecule has 1 saturated heterocycles. The highest BCUT2D eigenvalue weighted by Crippen LogP contribution is 2.40. The number of pyridine rings is 1. The van der Waals surface area contributed by atoms with Gasteiger partial charge in [0.1, 0.15) is 23.8 Å². The predicted octanol–water partition coefficient (Wildman–Crippen LogP) is 5.26. The van der Waals surface area contributed by atoms with Crippen LogP contribution in [-0.2, 0) is 6.18 Å². The summed E-state index contributed by atoms with van der Waals surface area (Å²) in [5, 5.41) is 10.5. The molecule has 10 heteroatoms. The molecule has 1 aromatic carbocycles. The van der Waals surface area contributed by atoms with E-state index in [4.69, 9.17) is 0 Å². The van der Waals surface area contributed by atoms with E-state index in [2.05, 4.69) is 15.0 Å². The molecule has 1 N–H and O–H groups in total. The average molecular weight is 491 g/mol. The van der Waals surface area contributed by atoms with Crippen LogP contribution in [0.5, 0.6) is 0 Å². The van der Waals surface area contributed by atoms with Crippen LogP contribution in [0.4, 0.5) is 17.6 Å². The summed E-state index contributed by atoms with van der Waals surface area (Å²) in [6, 6.07) is 8.65. The van der Waals surface area contributed by atoms with Crippen molar-refractivity contribution in [1.29, 1.82) is 0 Å². The Labute approximate surface area is 200 Å². The molecule has 1 fully saturated rings. The van der Waals surface area contributed by atoms with E-state index < -0.39 is 23.5 Å². The normalized spacial score (nSPS) is 16.1. The van der Waals surface area contributed by atoms with Crippen LogP contribution in [0.2, 0.25) is 0 Å². The Morgan fingerprint density at radius 3 is 2.26 bits per heavy atom. The van der Waals surface area contributed by atoms with Gasteiger partial charge in [0.15, 0.2) is 0 Å². The number of amides is 1. The molecule has 0 spiro atoms. The molecule has 186 valence electrons. The molecular formula is C25H26F4N4O2. The van der Waals surface area contributed by atoms with Crippen molar-refractivity contribution in [3.8, 4) is 11.4 Å². The monoisotopic (exact) mass is 490 g/mol. The lowest BCUT2D eigenvalue weighted by atomic mass is 9.84. The molecule has 35 heavy (non-hydrogen) atoms. The highest BCUT2D eigenvalue weighted by atomic mass is 19.4. The Kier molecular flexibility index (Phi) is 8.16. The number of piperidine rings is 1. The molecule has 2 aromatic heterocycles. The number of aliphatic hydroxyl groups is 1. The number of nitrogens with zero attached hydrogens (tertiary/aromatic N) is 4. The molecule has 1 atom stereocenters. The van der Waals surface area contributed by atoms with Crippen molar-refractivity contribution in [1.82, 2.24) is 19.9 Å². The summed E-state index contributed by atoms with van der Waals surface area (Å²) < 4.78 is 53.8. The fourth-order valence-corrected chi connectivity index (χ4v) is 3.89. The lowest BCUT2D eigenvalue weighted by Gasteiger charge is -2.39. The molecule has 1 amide bonds. The lowest BCUT2D eigenvalue weighted by molar-refractivity contribution is -0.137. The molecular weight excluding hydrogens is 464 g/mol. The fourth-order valence-electron chi connectivity index (χ4n) is 3.89. The number of benzene rings is 1. The standard InChI is InChI=1S/C23H20F4N4O2.C2H6/c24-22(20(32)15-3-5-16(6-4-15)23(25,26)27)8-12-31(13-9-22)21(33)17-2-1-10-29-19(17)18-7-11-28-14-30-18;1-2/h1-7,10-11,14,20,32H,8-9,12-13H2;1-2H3. The van der Waals surface area contributed by atoms with Crippen LogP contribution < -0.4 is 0 Å². The summed E-state index contributed by atoms with van der Waals surface area (Å²) in [7, 11) is 0. The number of aliphatic hydroxyl groups excluding tert-OH is 1. The first-order chi connectivity index (χ1) is 16.7. The van der Waals surface area contributed by atoms with Gasteiger partial charge in [-0.05, 0) is 35.9 Å². The summed E-state index contributed by atoms with van der Waals surface area (Å²) in [5.74, 6) is -0.345. The third-order valence-corrected chi connectivity index (χ3v) is 5.79. The van der Waals surface area contributed by atoms with Gasteiger partial charge in [0.05, 0.1) is 16.8 Å². The van der Waals surface area contributed by atoms with Crippen molar-refractivity contribution >= 4 is 5.91 Å². The van der Waals surface area contributed by atoms with Gasteiger partial charge in [0.25, 0.3) is 5.91 Å². The van der Waals surface area contributed by atoms with Gasteiger partial charge in [-0.1, -0.05) is 26.0 Å². The predicted molar refractivity (Wildman–Crippen MR) is 122 cm³/mol. The van der Waals surface area contributed by atoms with Gasteiger partial charge in [0.2, 0.25) is 0 Å². The van der Waals surface area contributed by atoms with Crippen LogP contribution in [0, 0.1) is 0 Å². The number of alkyl halides is 4. The molecule has 0 saturated carbocycles. The Morgan fingerprint density at radius 1 is 1.03 bits per heavy atom. The Morgan fingerprint density at radius 2 is 1.69 bits per heavy atom. The SMILES string of the molecule is CC.O=C(c1cccnc1-c1ccncn1)N1CCC(F)(C(O)c2ccc(C(F)(F)F)cc2)CC1. The van der Waals surface area contributed by atoms with E-state index in [1.165, 1.54) is 23.6 Å². The number of aromatic nitrogens is 3. The highest BCUT2D eigenvalue weighted by Gasteiger charge is 2.43. The summed E-state index contributed by atoms with van der Waals surface area (Å²) in [4.78, 5) is 26.8. The van der Waals surface area contributed by atoms with Crippen molar-refractivity contribution in [2.75, 3.05) is 13.1 Å². The van der Waals surface area contributed by atoms with Crippen LogP contribution in [0.25, 0.3) is 11.4 Å². The van der Waals surface area contributed by atoms with E-state index in [9.17, 15) is 23.1 Å².